The first kappa shape index (κ1) is 19.4. The van der Waals surface area contributed by atoms with E-state index in [4.69, 9.17) is 15.3 Å². The van der Waals surface area contributed by atoms with Gasteiger partial charge >= 0.3 is 5.97 Å². The van der Waals surface area contributed by atoms with Gasteiger partial charge in [-0.25, -0.2) is 4.79 Å². The van der Waals surface area contributed by atoms with Gasteiger partial charge in [0, 0.05) is 23.6 Å². The second kappa shape index (κ2) is 11.0. The number of ether oxygens (including phenoxy) is 1. The molecule has 0 atom stereocenters. The minimum absolute atomic E-state index is 0.161. The smallest absolute Gasteiger partial charge is 0.331 e. The van der Waals surface area contributed by atoms with E-state index in [1.807, 2.05) is 36.4 Å². The molecule has 0 unspecified atom stereocenters. The van der Waals surface area contributed by atoms with Crippen LogP contribution < -0.4 is 0 Å². The molecular formula is C17H16BrN3O3. The first-order valence-electron chi connectivity index (χ1n) is 7.19. The van der Waals surface area contributed by atoms with Crippen molar-refractivity contribution in [1.82, 2.24) is 4.90 Å². The Hall–Kier alpha value is -2.64. The van der Waals surface area contributed by atoms with Gasteiger partial charge in [0.2, 0.25) is 0 Å². The van der Waals surface area contributed by atoms with Crippen molar-refractivity contribution in [2.75, 3.05) is 19.7 Å². The third-order valence-corrected chi connectivity index (χ3v) is 3.43. The molecular weight excluding hydrogens is 374 g/mol. The highest BCUT2D eigenvalue weighted by molar-refractivity contribution is 9.10. The third kappa shape index (κ3) is 7.57. The quantitative estimate of drug-likeness (QED) is 0.503. The van der Waals surface area contributed by atoms with Gasteiger partial charge in [0.25, 0.3) is 5.91 Å². The van der Waals surface area contributed by atoms with Crippen LogP contribution in [0.3, 0.4) is 0 Å². The van der Waals surface area contributed by atoms with E-state index < -0.39 is 18.5 Å². The van der Waals surface area contributed by atoms with Gasteiger partial charge in [0.05, 0.1) is 25.0 Å². The predicted molar refractivity (Wildman–Crippen MR) is 91.2 cm³/mol. The second-order valence-electron chi connectivity index (χ2n) is 4.69. The molecule has 124 valence electrons. The molecule has 0 saturated heterocycles. The molecule has 0 saturated carbocycles. The lowest BCUT2D eigenvalue weighted by Gasteiger charge is -2.19. The van der Waals surface area contributed by atoms with Crippen LogP contribution in [0.1, 0.15) is 18.4 Å². The van der Waals surface area contributed by atoms with Crippen molar-refractivity contribution in [2.45, 2.75) is 12.8 Å². The summed E-state index contributed by atoms with van der Waals surface area (Å²) in [5.41, 5.74) is 0.817. The Morgan fingerprint density at radius 3 is 2.46 bits per heavy atom. The maximum Gasteiger partial charge on any atom is 0.331 e. The number of carbonyl (C=O) groups is 2. The lowest BCUT2D eigenvalue weighted by atomic mass is 10.2. The zero-order valence-electron chi connectivity index (χ0n) is 12.9. The van der Waals surface area contributed by atoms with Crippen molar-refractivity contribution in [1.29, 1.82) is 10.5 Å². The SMILES string of the molecule is N#CCCN(CCC#N)C(=O)COC(=O)/C=C/c1cccc(Br)c1. The van der Waals surface area contributed by atoms with Gasteiger partial charge in [0.1, 0.15) is 0 Å². The van der Waals surface area contributed by atoms with Crippen molar-refractivity contribution in [3.8, 4) is 12.1 Å². The Bertz CT molecular complexity index is 671. The number of benzene rings is 1. The molecule has 0 bridgehead atoms. The summed E-state index contributed by atoms with van der Waals surface area (Å²) in [5, 5.41) is 17.2. The first-order valence-corrected chi connectivity index (χ1v) is 7.98. The Kier molecular flexibility index (Phi) is 8.88. The standard InChI is InChI=1S/C17H16BrN3O3/c18-15-5-1-4-14(12-15)6-7-17(23)24-13-16(22)21(10-2-8-19)11-3-9-20/h1,4-7,12H,2-3,10-11,13H2/b7-6+. The Morgan fingerprint density at radius 2 is 1.88 bits per heavy atom. The molecule has 0 aliphatic carbocycles. The number of nitriles is 2. The fraction of sp³-hybridized carbons (Fsp3) is 0.294. The minimum Gasteiger partial charge on any atom is -0.452 e. The fourth-order valence-corrected chi connectivity index (χ4v) is 2.19. The van der Waals surface area contributed by atoms with Crippen molar-refractivity contribution in [3.05, 3.63) is 40.4 Å². The van der Waals surface area contributed by atoms with E-state index >= 15 is 0 Å². The summed E-state index contributed by atoms with van der Waals surface area (Å²) < 4.78 is 5.79. The maximum atomic E-state index is 12.0. The number of rotatable bonds is 8. The van der Waals surface area contributed by atoms with Crippen molar-refractivity contribution in [2.24, 2.45) is 0 Å². The third-order valence-electron chi connectivity index (χ3n) is 2.94. The molecule has 6 nitrogen and oxygen atoms in total. The molecule has 0 fully saturated rings. The van der Waals surface area contributed by atoms with Crippen molar-refractivity contribution >= 4 is 33.9 Å². The first-order chi connectivity index (χ1) is 11.6. The van der Waals surface area contributed by atoms with Crippen LogP contribution in [0.25, 0.3) is 6.08 Å². The average Bonchev–Trinajstić information content (AvgIpc) is 2.58. The number of amides is 1. The fourth-order valence-electron chi connectivity index (χ4n) is 1.78. The van der Waals surface area contributed by atoms with Gasteiger partial charge in [-0.05, 0) is 23.8 Å². The molecule has 0 N–H and O–H groups in total. The lowest BCUT2D eigenvalue weighted by Crippen LogP contribution is -2.36. The molecule has 1 aromatic carbocycles. The van der Waals surface area contributed by atoms with E-state index in [9.17, 15) is 9.59 Å². The molecule has 1 rings (SSSR count). The highest BCUT2D eigenvalue weighted by atomic mass is 79.9. The Morgan fingerprint density at radius 1 is 1.21 bits per heavy atom. The van der Waals surface area contributed by atoms with Crippen molar-refractivity contribution in [3.63, 3.8) is 0 Å². The van der Waals surface area contributed by atoms with Gasteiger partial charge in [-0.3, -0.25) is 4.79 Å². The molecule has 1 amide bonds. The van der Waals surface area contributed by atoms with Crippen LogP contribution in [-0.2, 0) is 14.3 Å². The topological polar surface area (TPSA) is 94.2 Å². The molecule has 1 aromatic rings. The monoisotopic (exact) mass is 389 g/mol. The average molecular weight is 390 g/mol. The Balaban J connectivity index is 2.50. The van der Waals surface area contributed by atoms with E-state index in [0.29, 0.717) is 0 Å². The van der Waals surface area contributed by atoms with E-state index in [-0.39, 0.29) is 25.9 Å². The number of hydrogen-bond donors (Lipinski definition) is 0. The van der Waals surface area contributed by atoms with Crippen LogP contribution in [0, 0.1) is 22.7 Å². The summed E-state index contributed by atoms with van der Waals surface area (Å²) in [6.45, 7) is 0.00338. The zero-order valence-corrected chi connectivity index (χ0v) is 14.5. The number of esters is 1. The van der Waals surface area contributed by atoms with Gasteiger partial charge in [-0.1, -0.05) is 28.1 Å². The minimum atomic E-state index is -0.635. The summed E-state index contributed by atoms with van der Waals surface area (Å²) in [4.78, 5) is 25.0. The predicted octanol–water partition coefficient (Wildman–Crippen LogP) is 2.66. The highest BCUT2D eigenvalue weighted by Gasteiger charge is 2.14. The van der Waals surface area contributed by atoms with E-state index in [1.54, 1.807) is 6.08 Å². The van der Waals surface area contributed by atoms with E-state index in [0.717, 1.165) is 10.0 Å². The molecule has 0 aromatic heterocycles. The number of nitrogens with zero attached hydrogens (tertiary/aromatic N) is 3. The van der Waals surface area contributed by atoms with Crippen LogP contribution in [0.2, 0.25) is 0 Å². The summed E-state index contributed by atoms with van der Waals surface area (Å²) in [7, 11) is 0. The molecule has 0 aliphatic rings. The zero-order chi connectivity index (χ0) is 17.8. The second-order valence-corrected chi connectivity index (χ2v) is 5.61. The molecule has 7 heteroatoms. The van der Waals surface area contributed by atoms with Gasteiger partial charge in [-0.15, -0.1) is 0 Å². The maximum absolute atomic E-state index is 12.0. The van der Waals surface area contributed by atoms with Gasteiger partial charge in [-0.2, -0.15) is 10.5 Å². The number of hydrogen-bond acceptors (Lipinski definition) is 5. The molecule has 0 radical (unpaired) electrons. The van der Waals surface area contributed by atoms with E-state index in [2.05, 4.69) is 15.9 Å². The van der Waals surface area contributed by atoms with Crippen LogP contribution in [0.15, 0.2) is 34.8 Å². The normalized spacial score (nSPS) is 9.96. The largest absolute Gasteiger partial charge is 0.452 e. The number of carbonyl (C=O) groups excluding carboxylic acids is 2. The Labute approximate surface area is 149 Å². The lowest BCUT2D eigenvalue weighted by molar-refractivity contribution is -0.148. The van der Waals surface area contributed by atoms with Gasteiger partial charge in [0.15, 0.2) is 6.61 Å². The van der Waals surface area contributed by atoms with Crippen LogP contribution in [0.5, 0.6) is 0 Å². The van der Waals surface area contributed by atoms with Crippen LogP contribution >= 0.6 is 15.9 Å². The summed E-state index contributed by atoms with van der Waals surface area (Å²) >= 11 is 3.33. The molecule has 0 aliphatic heterocycles. The van der Waals surface area contributed by atoms with Crippen molar-refractivity contribution < 1.29 is 14.3 Å². The number of halogens is 1. The molecule has 0 spiro atoms. The van der Waals surface area contributed by atoms with Crippen LogP contribution in [0.4, 0.5) is 0 Å². The summed E-state index contributed by atoms with van der Waals surface area (Å²) in [6, 6.07) is 11.2. The van der Waals surface area contributed by atoms with Gasteiger partial charge < -0.3 is 9.64 Å². The highest BCUT2D eigenvalue weighted by Crippen LogP contribution is 2.12. The summed E-state index contributed by atoms with van der Waals surface area (Å²) in [6.07, 6.45) is 3.15. The van der Waals surface area contributed by atoms with Crippen LogP contribution in [-0.4, -0.2) is 36.5 Å². The molecule has 24 heavy (non-hydrogen) atoms. The summed E-state index contributed by atoms with van der Waals surface area (Å²) in [5.74, 6) is -1.06. The van der Waals surface area contributed by atoms with E-state index in [1.165, 1.54) is 11.0 Å². The molecule has 0 heterocycles.